The number of anilines is 1. The number of benzene rings is 1. The van der Waals surface area contributed by atoms with Crippen LogP contribution in [0.5, 0.6) is 0 Å². The molecular formula is C16H19FN2O. The fraction of sp³-hybridized carbons (Fsp3) is 0.312. The maximum absolute atomic E-state index is 13.2. The predicted octanol–water partition coefficient (Wildman–Crippen LogP) is 3.10. The average Bonchev–Trinajstić information content (AvgIpc) is 2.66. The molecule has 2 aromatic rings. The van der Waals surface area contributed by atoms with Crippen molar-refractivity contribution >= 4 is 11.5 Å². The summed E-state index contributed by atoms with van der Waals surface area (Å²) in [6, 6.07) is 8.15. The molecule has 106 valence electrons. The van der Waals surface area contributed by atoms with Crippen LogP contribution in [0.3, 0.4) is 0 Å². The van der Waals surface area contributed by atoms with Gasteiger partial charge in [0.25, 0.3) is 0 Å². The minimum absolute atomic E-state index is 0.0398. The van der Waals surface area contributed by atoms with E-state index in [-0.39, 0.29) is 18.1 Å². The molecule has 0 fully saturated rings. The molecule has 0 saturated heterocycles. The van der Waals surface area contributed by atoms with E-state index in [0.29, 0.717) is 5.69 Å². The Morgan fingerprint density at radius 1 is 1.30 bits per heavy atom. The van der Waals surface area contributed by atoms with E-state index in [4.69, 9.17) is 0 Å². The molecule has 0 amide bonds. The number of nitrogens with zero attached hydrogens (tertiary/aromatic N) is 2. The highest BCUT2D eigenvalue weighted by Gasteiger charge is 2.16. The van der Waals surface area contributed by atoms with Crippen molar-refractivity contribution in [2.75, 3.05) is 18.5 Å². The highest BCUT2D eigenvalue weighted by molar-refractivity contribution is 6.00. The van der Waals surface area contributed by atoms with Crippen LogP contribution in [0.2, 0.25) is 0 Å². The number of aryl methyl sites for hydroxylation is 1. The maximum Gasteiger partial charge on any atom is 0.183 e. The highest BCUT2D eigenvalue weighted by Crippen LogP contribution is 2.17. The van der Waals surface area contributed by atoms with Crippen LogP contribution in [-0.4, -0.2) is 23.9 Å². The number of rotatable bonds is 4. The summed E-state index contributed by atoms with van der Waals surface area (Å²) in [5.41, 5.74) is 3.44. The van der Waals surface area contributed by atoms with Gasteiger partial charge in [-0.25, -0.2) is 4.39 Å². The molecule has 1 aromatic carbocycles. The summed E-state index contributed by atoms with van der Waals surface area (Å²) in [5, 5.41) is 0. The Morgan fingerprint density at radius 2 is 2.00 bits per heavy atom. The number of Topliss-reactive ketones (excluding diaryl/α,β-unsaturated/α-hetero) is 1. The normalized spacial score (nSPS) is 10.7. The van der Waals surface area contributed by atoms with Gasteiger partial charge < -0.3 is 9.47 Å². The van der Waals surface area contributed by atoms with Crippen molar-refractivity contribution in [2.24, 2.45) is 7.05 Å². The Bertz CT molecular complexity index is 646. The van der Waals surface area contributed by atoms with E-state index in [9.17, 15) is 9.18 Å². The third-order valence-corrected chi connectivity index (χ3v) is 3.71. The first kappa shape index (κ1) is 14.3. The number of carbonyl (C=O) groups excluding carboxylic acids is 1. The summed E-state index contributed by atoms with van der Waals surface area (Å²) >= 11 is 0. The second-order valence-corrected chi connectivity index (χ2v) is 5.10. The minimum atomic E-state index is -0.298. The molecule has 0 aliphatic carbocycles. The van der Waals surface area contributed by atoms with Crippen LogP contribution in [0, 0.1) is 19.7 Å². The molecule has 1 heterocycles. The molecule has 3 nitrogen and oxygen atoms in total. The molecule has 0 radical (unpaired) electrons. The molecule has 0 saturated carbocycles. The summed E-state index contributed by atoms with van der Waals surface area (Å²) in [6.07, 6.45) is 0. The number of likely N-dealkylation sites (N-methyl/N-ethyl adjacent to an activating group) is 1. The van der Waals surface area contributed by atoms with Crippen LogP contribution in [-0.2, 0) is 7.05 Å². The third kappa shape index (κ3) is 2.74. The lowest BCUT2D eigenvalue weighted by atomic mass is 10.1. The molecular weight excluding hydrogens is 255 g/mol. The number of hydrogen-bond donors (Lipinski definition) is 0. The molecule has 0 bridgehead atoms. The highest BCUT2D eigenvalue weighted by atomic mass is 19.1. The first-order valence-electron chi connectivity index (χ1n) is 6.53. The molecule has 2 rings (SSSR count). The molecule has 0 aliphatic rings. The predicted molar refractivity (Wildman–Crippen MR) is 78.9 cm³/mol. The first-order valence-corrected chi connectivity index (χ1v) is 6.53. The van der Waals surface area contributed by atoms with E-state index in [2.05, 4.69) is 0 Å². The smallest absolute Gasteiger partial charge is 0.183 e. The van der Waals surface area contributed by atoms with Crippen LogP contribution in [0.15, 0.2) is 30.3 Å². The van der Waals surface area contributed by atoms with Crippen molar-refractivity contribution in [3.8, 4) is 0 Å². The Kier molecular flexibility index (Phi) is 3.93. The van der Waals surface area contributed by atoms with Crippen molar-refractivity contribution in [1.29, 1.82) is 0 Å². The Hall–Kier alpha value is -2.10. The quantitative estimate of drug-likeness (QED) is 0.800. The van der Waals surface area contributed by atoms with Gasteiger partial charge in [-0.15, -0.1) is 0 Å². The van der Waals surface area contributed by atoms with Crippen molar-refractivity contribution in [3.05, 3.63) is 53.1 Å². The fourth-order valence-corrected chi connectivity index (χ4v) is 2.24. The van der Waals surface area contributed by atoms with Gasteiger partial charge in [-0.05, 0) is 38.1 Å². The molecule has 0 aliphatic heterocycles. The van der Waals surface area contributed by atoms with Gasteiger partial charge in [0.1, 0.15) is 5.82 Å². The SMILES string of the molecule is Cc1cc(C(=O)CN(C)c2cccc(F)c2)c(C)n1C. The van der Waals surface area contributed by atoms with Crippen molar-refractivity contribution in [2.45, 2.75) is 13.8 Å². The van der Waals surface area contributed by atoms with Gasteiger partial charge in [0.2, 0.25) is 0 Å². The number of hydrogen-bond acceptors (Lipinski definition) is 2. The fourth-order valence-electron chi connectivity index (χ4n) is 2.24. The van der Waals surface area contributed by atoms with Gasteiger partial charge in [0.05, 0.1) is 6.54 Å². The monoisotopic (exact) mass is 274 g/mol. The summed E-state index contributed by atoms with van der Waals surface area (Å²) in [6.45, 7) is 4.14. The van der Waals surface area contributed by atoms with Crippen molar-refractivity contribution < 1.29 is 9.18 Å². The summed E-state index contributed by atoms with van der Waals surface area (Å²) in [7, 11) is 3.73. The van der Waals surface area contributed by atoms with Crippen LogP contribution >= 0.6 is 0 Å². The Morgan fingerprint density at radius 3 is 2.55 bits per heavy atom. The Balaban J connectivity index is 2.17. The molecule has 0 spiro atoms. The summed E-state index contributed by atoms with van der Waals surface area (Å²) in [4.78, 5) is 14.1. The number of carbonyl (C=O) groups is 1. The Labute approximate surface area is 118 Å². The summed E-state index contributed by atoms with van der Waals surface area (Å²) < 4.78 is 15.2. The first-order chi connectivity index (χ1) is 9.40. The van der Waals surface area contributed by atoms with Gasteiger partial charge in [-0.2, -0.15) is 0 Å². The number of ketones is 1. The zero-order chi connectivity index (χ0) is 14.9. The van der Waals surface area contributed by atoms with Crippen LogP contribution in [0.25, 0.3) is 0 Å². The molecule has 0 atom stereocenters. The van der Waals surface area contributed by atoms with E-state index in [1.807, 2.05) is 31.5 Å². The van der Waals surface area contributed by atoms with E-state index in [0.717, 1.165) is 17.0 Å². The number of halogens is 1. The zero-order valence-electron chi connectivity index (χ0n) is 12.3. The van der Waals surface area contributed by atoms with E-state index in [1.165, 1.54) is 12.1 Å². The molecule has 1 aromatic heterocycles. The third-order valence-electron chi connectivity index (χ3n) is 3.71. The van der Waals surface area contributed by atoms with Crippen molar-refractivity contribution in [3.63, 3.8) is 0 Å². The second-order valence-electron chi connectivity index (χ2n) is 5.10. The minimum Gasteiger partial charge on any atom is -0.367 e. The van der Waals surface area contributed by atoms with E-state index in [1.54, 1.807) is 24.1 Å². The van der Waals surface area contributed by atoms with Gasteiger partial charge in [0, 0.05) is 36.7 Å². The number of aromatic nitrogens is 1. The lowest BCUT2D eigenvalue weighted by Crippen LogP contribution is -2.26. The molecule has 0 N–H and O–H groups in total. The van der Waals surface area contributed by atoms with Gasteiger partial charge >= 0.3 is 0 Å². The van der Waals surface area contributed by atoms with Crippen LogP contribution in [0.4, 0.5) is 10.1 Å². The van der Waals surface area contributed by atoms with Gasteiger partial charge in [-0.3, -0.25) is 4.79 Å². The standard InChI is InChI=1S/C16H19FN2O/c1-11-8-15(12(2)19(11)4)16(20)10-18(3)14-7-5-6-13(17)9-14/h5-9H,10H2,1-4H3. The maximum atomic E-state index is 13.2. The zero-order valence-corrected chi connectivity index (χ0v) is 12.3. The van der Waals surface area contributed by atoms with Crippen molar-refractivity contribution in [1.82, 2.24) is 4.57 Å². The largest absolute Gasteiger partial charge is 0.367 e. The van der Waals surface area contributed by atoms with Gasteiger partial charge in [0.15, 0.2) is 5.78 Å². The summed E-state index contributed by atoms with van der Waals surface area (Å²) in [5.74, 6) is -0.258. The van der Waals surface area contributed by atoms with E-state index >= 15 is 0 Å². The average molecular weight is 274 g/mol. The van der Waals surface area contributed by atoms with E-state index < -0.39 is 0 Å². The lowest BCUT2D eigenvalue weighted by molar-refractivity contribution is 0.0999. The molecule has 20 heavy (non-hydrogen) atoms. The van der Waals surface area contributed by atoms with Crippen LogP contribution in [0.1, 0.15) is 21.7 Å². The topological polar surface area (TPSA) is 25.2 Å². The molecule has 4 heteroatoms. The van der Waals surface area contributed by atoms with Gasteiger partial charge in [-0.1, -0.05) is 6.07 Å². The van der Waals surface area contributed by atoms with Crippen LogP contribution < -0.4 is 4.90 Å². The second kappa shape index (κ2) is 5.49. The lowest BCUT2D eigenvalue weighted by Gasteiger charge is -2.18. The molecule has 0 unspecified atom stereocenters.